The van der Waals surface area contributed by atoms with Gasteiger partial charge in [-0.3, -0.25) is 4.90 Å². The minimum Gasteiger partial charge on any atom is -0.379 e. The van der Waals surface area contributed by atoms with E-state index in [1.54, 1.807) is 0 Å². The Balaban J connectivity index is 1.40. The second kappa shape index (κ2) is 6.91. The molecule has 1 atom stereocenters. The van der Waals surface area contributed by atoms with E-state index in [0.717, 1.165) is 44.8 Å². The maximum atomic E-state index is 5.45. The van der Waals surface area contributed by atoms with Gasteiger partial charge in [0.25, 0.3) is 0 Å². The predicted molar refractivity (Wildman–Crippen MR) is 93.7 cm³/mol. The SMILES string of the molecule is C1=C(Cc2cccc(-n3cccn3)c2)SC(N2CCOCC2)C1. The van der Waals surface area contributed by atoms with Gasteiger partial charge in [-0.05, 0) is 35.1 Å². The van der Waals surface area contributed by atoms with Crippen molar-refractivity contribution < 1.29 is 4.74 Å². The fourth-order valence-electron chi connectivity index (χ4n) is 3.14. The van der Waals surface area contributed by atoms with Crippen molar-refractivity contribution in [2.45, 2.75) is 18.2 Å². The number of nitrogens with zero attached hydrogens (tertiary/aromatic N) is 3. The van der Waals surface area contributed by atoms with E-state index in [1.807, 2.05) is 34.9 Å². The summed E-state index contributed by atoms with van der Waals surface area (Å²) < 4.78 is 7.37. The van der Waals surface area contributed by atoms with E-state index in [1.165, 1.54) is 10.5 Å². The summed E-state index contributed by atoms with van der Waals surface area (Å²) in [5.41, 5.74) is 2.47. The lowest BCUT2D eigenvalue weighted by Gasteiger charge is -2.31. The van der Waals surface area contributed by atoms with Gasteiger partial charge in [0.05, 0.1) is 24.3 Å². The second-order valence-corrected chi connectivity index (χ2v) is 7.23. The zero-order chi connectivity index (χ0) is 15.5. The Labute approximate surface area is 141 Å². The maximum Gasteiger partial charge on any atom is 0.0648 e. The summed E-state index contributed by atoms with van der Waals surface area (Å²) >= 11 is 2.02. The number of allylic oxidation sites excluding steroid dienone is 1. The van der Waals surface area contributed by atoms with Crippen LogP contribution >= 0.6 is 11.8 Å². The molecule has 0 saturated carbocycles. The van der Waals surface area contributed by atoms with Gasteiger partial charge in [-0.2, -0.15) is 5.10 Å². The Bertz CT molecular complexity index is 677. The van der Waals surface area contributed by atoms with Crippen LogP contribution in [0.4, 0.5) is 0 Å². The molecule has 1 aromatic heterocycles. The van der Waals surface area contributed by atoms with Crippen molar-refractivity contribution in [3.63, 3.8) is 0 Å². The van der Waals surface area contributed by atoms with E-state index in [9.17, 15) is 0 Å². The first-order chi connectivity index (χ1) is 11.4. The fraction of sp³-hybridized carbons (Fsp3) is 0.389. The lowest BCUT2D eigenvalue weighted by molar-refractivity contribution is 0.0334. The highest BCUT2D eigenvalue weighted by molar-refractivity contribution is 8.03. The molecule has 0 N–H and O–H groups in total. The quantitative estimate of drug-likeness (QED) is 0.863. The molecule has 1 saturated heterocycles. The molecule has 120 valence electrons. The van der Waals surface area contributed by atoms with Crippen LogP contribution in [-0.2, 0) is 11.2 Å². The fourth-order valence-corrected chi connectivity index (χ4v) is 4.48. The molecule has 2 aliphatic rings. The molecule has 0 amide bonds. The zero-order valence-corrected chi connectivity index (χ0v) is 13.9. The van der Waals surface area contributed by atoms with Gasteiger partial charge in [-0.15, -0.1) is 11.8 Å². The van der Waals surface area contributed by atoms with Crippen molar-refractivity contribution in [1.82, 2.24) is 14.7 Å². The molecule has 0 bridgehead atoms. The first-order valence-electron chi connectivity index (χ1n) is 8.15. The lowest BCUT2D eigenvalue weighted by Crippen LogP contribution is -2.41. The summed E-state index contributed by atoms with van der Waals surface area (Å²) in [4.78, 5) is 4.04. The van der Waals surface area contributed by atoms with Gasteiger partial charge >= 0.3 is 0 Å². The van der Waals surface area contributed by atoms with Crippen molar-refractivity contribution in [1.29, 1.82) is 0 Å². The van der Waals surface area contributed by atoms with Crippen LogP contribution in [-0.4, -0.2) is 46.4 Å². The van der Waals surface area contributed by atoms with E-state index in [4.69, 9.17) is 4.74 Å². The molecule has 2 aliphatic heterocycles. The van der Waals surface area contributed by atoms with E-state index in [-0.39, 0.29) is 0 Å². The van der Waals surface area contributed by atoms with E-state index >= 15 is 0 Å². The molecular weight excluding hydrogens is 306 g/mol. The monoisotopic (exact) mass is 327 g/mol. The summed E-state index contributed by atoms with van der Waals surface area (Å²) in [6.45, 7) is 3.87. The van der Waals surface area contributed by atoms with Gasteiger partial charge in [0, 0.05) is 31.9 Å². The summed E-state index contributed by atoms with van der Waals surface area (Å²) in [5, 5.41) is 4.91. The lowest BCUT2D eigenvalue weighted by atomic mass is 10.1. The third-order valence-corrected chi connectivity index (χ3v) is 5.72. The number of morpholine rings is 1. The van der Waals surface area contributed by atoms with E-state index in [0.29, 0.717) is 5.37 Å². The molecule has 3 heterocycles. The molecule has 1 fully saturated rings. The largest absolute Gasteiger partial charge is 0.379 e. The van der Waals surface area contributed by atoms with Crippen LogP contribution in [0.15, 0.2) is 53.7 Å². The number of ether oxygens (including phenoxy) is 1. The van der Waals surface area contributed by atoms with Gasteiger partial charge in [0.15, 0.2) is 0 Å². The molecule has 23 heavy (non-hydrogen) atoms. The van der Waals surface area contributed by atoms with Crippen LogP contribution in [0.3, 0.4) is 0 Å². The average Bonchev–Trinajstić information content (AvgIpc) is 3.28. The Hall–Kier alpha value is -1.56. The maximum absolute atomic E-state index is 5.45. The molecule has 1 unspecified atom stereocenters. The van der Waals surface area contributed by atoms with Gasteiger partial charge in [0.2, 0.25) is 0 Å². The minimum absolute atomic E-state index is 0.600. The molecular formula is C18H21N3OS. The first-order valence-corrected chi connectivity index (χ1v) is 9.03. The Morgan fingerprint density at radius 3 is 2.96 bits per heavy atom. The highest BCUT2D eigenvalue weighted by Crippen LogP contribution is 2.36. The smallest absolute Gasteiger partial charge is 0.0648 e. The Kier molecular flexibility index (Phi) is 4.50. The zero-order valence-electron chi connectivity index (χ0n) is 13.1. The topological polar surface area (TPSA) is 30.3 Å². The van der Waals surface area contributed by atoms with Crippen LogP contribution in [0.25, 0.3) is 5.69 Å². The first kappa shape index (κ1) is 15.0. The summed E-state index contributed by atoms with van der Waals surface area (Å²) in [6, 6.07) is 10.6. The average molecular weight is 327 g/mol. The van der Waals surface area contributed by atoms with Gasteiger partial charge in [-0.25, -0.2) is 4.68 Å². The molecule has 2 aromatic rings. The number of hydrogen-bond acceptors (Lipinski definition) is 4. The molecule has 0 radical (unpaired) electrons. The van der Waals surface area contributed by atoms with Crippen LogP contribution in [0, 0.1) is 0 Å². The molecule has 0 aliphatic carbocycles. The van der Waals surface area contributed by atoms with Crippen LogP contribution < -0.4 is 0 Å². The molecule has 4 nitrogen and oxygen atoms in total. The van der Waals surface area contributed by atoms with Crippen LogP contribution in [0.2, 0.25) is 0 Å². The van der Waals surface area contributed by atoms with Crippen molar-refractivity contribution >= 4 is 11.8 Å². The van der Waals surface area contributed by atoms with Crippen LogP contribution in [0.5, 0.6) is 0 Å². The minimum atomic E-state index is 0.600. The van der Waals surface area contributed by atoms with Gasteiger partial charge in [-0.1, -0.05) is 18.2 Å². The van der Waals surface area contributed by atoms with Crippen molar-refractivity contribution in [2.75, 3.05) is 26.3 Å². The normalized spacial score (nSPS) is 22.3. The highest BCUT2D eigenvalue weighted by Gasteiger charge is 2.25. The molecule has 1 aromatic carbocycles. The molecule has 0 spiro atoms. The summed E-state index contributed by atoms with van der Waals surface area (Å²) in [5.74, 6) is 0. The van der Waals surface area contributed by atoms with E-state index < -0.39 is 0 Å². The van der Waals surface area contributed by atoms with Crippen molar-refractivity contribution in [3.05, 3.63) is 59.3 Å². The van der Waals surface area contributed by atoms with Gasteiger partial charge in [0.1, 0.15) is 0 Å². The summed E-state index contributed by atoms with van der Waals surface area (Å²) in [6.07, 6.45) is 8.37. The summed E-state index contributed by atoms with van der Waals surface area (Å²) in [7, 11) is 0. The number of thioether (sulfide) groups is 1. The number of rotatable bonds is 4. The Morgan fingerprint density at radius 1 is 1.22 bits per heavy atom. The number of aromatic nitrogens is 2. The van der Waals surface area contributed by atoms with Crippen molar-refractivity contribution in [2.24, 2.45) is 0 Å². The van der Waals surface area contributed by atoms with Gasteiger partial charge < -0.3 is 4.74 Å². The standard InChI is InChI=1S/C18H21N3OS/c1-3-15(13-16(4-1)21-8-2-7-19-21)14-17-5-6-18(23-17)20-9-11-22-12-10-20/h1-5,7-8,13,18H,6,9-12,14H2. The predicted octanol–water partition coefficient (Wildman–Crippen LogP) is 3.09. The van der Waals surface area contributed by atoms with Crippen molar-refractivity contribution in [3.8, 4) is 5.69 Å². The van der Waals surface area contributed by atoms with Crippen LogP contribution in [0.1, 0.15) is 12.0 Å². The third kappa shape index (κ3) is 3.52. The number of hydrogen-bond donors (Lipinski definition) is 0. The molecule has 5 heteroatoms. The second-order valence-electron chi connectivity index (χ2n) is 5.92. The Morgan fingerprint density at radius 2 is 2.13 bits per heavy atom. The van der Waals surface area contributed by atoms with E-state index in [2.05, 4.69) is 40.3 Å². The third-order valence-electron chi connectivity index (χ3n) is 4.35. The molecule has 4 rings (SSSR count). The highest BCUT2D eigenvalue weighted by atomic mass is 32.2. The number of benzene rings is 1.